The second-order valence-electron chi connectivity index (χ2n) is 6.11. The molecule has 1 aromatic heterocycles. The van der Waals surface area contributed by atoms with E-state index in [-0.39, 0.29) is 0 Å². The van der Waals surface area contributed by atoms with Crippen molar-refractivity contribution >= 4 is 0 Å². The van der Waals surface area contributed by atoms with Gasteiger partial charge in [-0.05, 0) is 18.2 Å². The predicted molar refractivity (Wildman–Crippen MR) is 109 cm³/mol. The van der Waals surface area contributed by atoms with Crippen LogP contribution in [0.1, 0.15) is 0 Å². The molecule has 3 aromatic carbocycles. The van der Waals surface area contributed by atoms with Gasteiger partial charge in [-0.1, -0.05) is 60.7 Å². The number of hydrogen-bond acceptors (Lipinski definition) is 5. The zero-order chi connectivity index (χ0) is 19.3. The summed E-state index contributed by atoms with van der Waals surface area (Å²) >= 11 is 0. The molecule has 0 atom stereocenters. The molecule has 0 aliphatic heterocycles. The molecule has 5 nitrogen and oxygen atoms in total. The van der Waals surface area contributed by atoms with Crippen LogP contribution in [0.5, 0.6) is 11.5 Å². The van der Waals surface area contributed by atoms with Crippen LogP contribution in [-0.4, -0.2) is 29.2 Å². The Bertz CT molecular complexity index is 1030. The van der Waals surface area contributed by atoms with E-state index in [2.05, 4.69) is 0 Å². The number of benzene rings is 3. The van der Waals surface area contributed by atoms with Crippen molar-refractivity contribution in [3.05, 3.63) is 78.9 Å². The third kappa shape index (κ3) is 3.55. The summed E-state index contributed by atoms with van der Waals surface area (Å²) in [7, 11) is 3.22. The zero-order valence-corrected chi connectivity index (χ0v) is 15.7. The molecule has 0 saturated carbocycles. The van der Waals surface area contributed by atoms with Crippen molar-refractivity contribution < 1.29 is 9.47 Å². The fourth-order valence-electron chi connectivity index (χ4n) is 2.91. The molecule has 0 N–H and O–H groups in total. The lowest BCUT2D eigenvalue weighted by Gasteiger charge is -2.11. The summed E-state index contributed by atoms with van der Waals surface area (Å²) < 4.78 is 10.8. The molecule has 0 spiro atoms. The van der Waals surface area contributed by atoms with Crippen LogP contribution in [-0.2, 0) is 0 Å². The molecule has 0 saturated heterocycles. The van der Waals surface area contributed by atoms with E-state index in [0.717, 1.165) is 16.7 Å². The Morgan fingerprint density at radius 1 is 0.500 bits per heavy atom. The molecular formula is C23H19N3O2. The normalized spacial score (nSPS) is 10.5. The summed E-state index contributed by atoms with van der Waals surface area (Å²) in [5.74, 6) is 3.11. The summed E-state index contributed by atoms with van der Waals surface area (Å²) in [6.45, 7) is 0. The second kappa shape index (κ2) is 7.88. The van der Waals surface area contributed by atoms with E-state index in [0.29, 0.717) is 29.0 Å². The smallest absolute Gasteiger partial charge is 0.164 e. The number of rotatable bonds is 5. The van der Waals surface area contributed by atoms with Gasteiger partial charge in [0, 0.05) is 16.7 Å². The van der Waals surface area contributed by atoms with Gasteiger partial charge in [-0.15, -0.1) is 0 Å². The van der Waals surface area contributed by atoms with Crippen molar-refractivity contribution in [2.24, 2.45) is 0 Å². The van der Waals surface area contributed by atoms with E-state index < -0.39 is 0 Å². The highest BCUT2D eigenvalue weighted by Gasteiger charge is 2.14. The van der Waals surface area contributed by atoms with E-state index in [1.807, 2.05) is 78.9 Å². The van der Waals surface area contributed by atoms with Gasteiger partial charge >= 0.3 is 0 Å². The van der Waals surface area contributed by atoms with Crippen molar-refractivity contribution in [1.29, 1.82) is 0 Å². The topological polar surface area (TPSA) is 57.1 Å². The van der Waals surface area contributed by atoms with Gasteiger partial charge in [0.1, 0.15) is 0 Å². The lowest BCUT2D eigenvalue weighted by molar-refractivity contribution is 0.355. The Morgan fingerprint density at radius 2 is 0.964 bits per heavy atom. The van der Waals surface area contributed by atoms with Crippen LogP contribution in [0.3, 0.4) is 0 Å². The first kappa shape index (κ1) is 17.7. The van der Waals surface area contributed by atoms with Crippen LogP contribution in [0, 0.1) is 0 Å². The number of aromatic nitrogens is 3. The van der Waals surface area contributed by atoms with Crippen LogP contribution in [0.15, 0.2) is 78.9 Å². The van der Waals surface area contributed by atoms with Crippen LogP contribution >= 0.6 is 0 Å². The van der Waals surface area contributed by atoms with Crippen LogP contribution < -0.4 is 9.47 Å². The molecule has 28 heavy (non-hydrogen) atoms. The number of hydrogen-bond donors (Lipinski definition) is 0. The van der Waals surface area contributed by atoms with Crippen molar-refractivity contribution in [2.45, 2.75) is 0 Å². The zero-order valence-electron chi connectivity index (χ0n) is 15.7. The van der Waals surface area contributed by atoms with Crippen LogP contribution in [0.4, 0.5) is 0 Å². The van der Waals surface area contributed by atoms with Crippen LogP contribution in [0.25, 0.3) is 34.2 Å². The molecule has 0 radical (unpaired) electrons. The molecule has 4 aromatic rings. The Hall–Kier alpha value is -3.73. The maximum atomic E-state index is 5.43. The third-order valence-electron chi connectivity index (χ3n) is 4.34. The molecule has 5 heteroatoms. The molecule has 4 rings (SSSR count). The lowest BCUT2D eigenvalue weighted by Crippen LogP contribution is -2.00. The summed E-state index contributed by atoms with van der Waals surface area (Å²) in [4.78, 5) is 14.1. The number of nitrogens with zero attached hydrogens (tertiary/aromatic N) is 3. The van der Waals surface area contributed by atoms with Gasteiger partial charge in [-0.2, -0.15) is 0 Å². The summed E-state index contributed by atoms with van der Waals surface area (Å²) in [6.07, 6.45) is 0. The van der Waals surface area contributed by atoms with E-state index >= 15 is 0 Å². The standard InChI is InChI=1S/C23H19N3O2/c1-27-19-14-13-18(15-20(19)28-2)23-25-21(16-9-5-3-6-10-16)24-22(26-23)17-11-7-4-8-12-17/h3-15H,1-2H3. The fourth-order valence-corrected chi connectivity index (χ4v) is 2.91. The molecule has 1 heterocycles. The molecule has 0 unspecified atom stereocenters. The monoisotopic (exact) mass is 369 g/mol. The number of ether oxygens (including phenoxy) is 2. The summed E-state index contributed by atoms with van der Waals surface area (Å²) in [5, 5.41) is 0. The Morgan fingerprint density at radius 3 is 1.43 bits per heavy atom. The van der Waals surface area contributed by atoms with Gasteiger partial charge < -0.3 is 9.47 Å². The highest BCUT2D eigenvalue weighted by Crippen LogP contribution is 2.32. The molecule has 0 aliphatic carbocycles. The Labute approximate surface area is 163 Å². The average molecular weight is 369 g/mol. The molecular weight excluding hydrogens is 350 g/mol. The van der Waals surface area contributed by atoms with Gasteiger partial charge in [-0.25, -0.2) is 15.0 Å². The molecule has 0 aliphatic rings. The average Bonchev–Trinajstić information content (AvgIpc) is 2.79. The minimum absolute atomic E-state index is 0.577. The van der Waals surface area contributed by atoms with E-state index in [9.17, 15) is 0 Å². The molecule has 138 valence electrons. The predicted octanol–water partition coefficient (Wildman–Crippen LogP) is 4.89. The van der Waals surface area contributed by atoms with Gasteiger partial charge in [-0.3, -0.25) is 0 Å². The Kier molecular flexibility index (Phi) is 4.97. The van der Waals surface area contributed by atoms with E-state index in [1.54, 1.807) is 14.2 Å². The van der Waals surface area contributed by atoms with Gasteiger partial charge in [0.05, 0.1) is 14.2 Å². The molecule has 0 amide bonds. The fraction of sp³-hybridized carbons (Fsp3) is 0.0870. The minimum atomic E-state index is 0.577. The maximum Gasteiger partial charge on any atom is 0.164 e. The lowest BCUT2D eigenvalue weighted by atomic mass is 10.1. The van der Waals surface area contributed by atoms with Gasteiger partial charge in [0.2, 0.25) is 0 Å². The summed E-state index contributed by atoms with van der Waals surface area (Å²) in [5.41, 5.74) is 2.70. The van der Waals surface area contributed by atoms with Crippen molar-refractivity contribution in [3.63, 3.8) is 0 Å². The quantitative estimate of drug-likeness (QED) is 0.501. The minimum Gasteiger partial charge on any atom is -0.493 e. The van der Waals surface area contributed by atoms with Gasteiger partial charge in [0.25, 0.3) is 0 Å². The maximum absolute atomic E-state index is 5.43. The first-order chi connectivity index (χ1) is 13.8. The third-order valence-corrected chi connectivity index (χ3v) is 4.34. The van der Waals surface area contributed by atoms with Crippen LogP contribution in [0.2, 0.25) is 0 Å². The van der Waals surface area contributed by atoms with Crippen molar-refractivity contribution in [2.75, 3.05) is 14.2 Å². The highest BCUT2D eigenvalue weighted by molar-refractivity contribution is 5.68. The molecule has 0 fully saturated rings. The Balaban J connectivity index is 1.89. The van der Waals surface area contributed by atoms with E-state index in [1.165, 1.54) is 0 Å². The van der Waals surface area contributed by atoms with Gasteiger partial charge in [0.15, 0.2) is 29.0 Å². The number of methoxy groups -OCH3 is 2. The second-order valence-corrected chi connectivity index (χ2v) is 6.11. The highest BCUT2D eigenvalue weighted by atomic mass is 16.5. The summed E-state index contributed by atoms with van der Waals surface area (Å²) in [6, 6.07) is 25.4. The van der Waals surface area contributed by atoms with Crippen molar-refractivity contribution in [1.82, 2.24) is 15.0 Å². The SMILES string of the molecule is COc1ccc(-c2nc(-c3ccccc3)nc(-c3ccccc3)n2)cc1OC. The van der Waals surface area contributed by atoms with Crippen molar-refractivity contribution in [3.8, 4) is 45.7 Å². The largest absolute Gasteiger partial charge is 0.493 e. The van der Waals surface area contributed by atoms with E-state index in [4.69, 9.17) is 24.4 Å². The molecule has 0 bridgehead atoms. The first-order valence-corrected chi connectivity index (χ1v) is 8.88. The first-order valence-electron chi connectivity index (χ1n) is 8.88.